The quantitative estimate of drug-likeness (QED) is 0.262. The molecular weight excluding hydrogens is 382 g/mol. The fraction of sp³-hybridized carbons (Fsp3) is 0.0526. The molecule has 0 radical (unpaired) electrons. The Morgan fingerprint density at radius 3 is 2.57 bits per heavy atom. The lowest BCUT2D eigenvalue weighted by atomic mass is 10.1. The summed E-state index contributed by atoms with van der Waals surface area (Å²) in [4.78, 5) is 22.0. The number of phenols is 1. The van der Waals surface area contributed by atoms with Crippen LogP contribution < -0.4 is 15.4 Å². The molecule has 142 valence electrons. The summed E-state index contributed by atoms with van der Waals surface area (Å²) in [7, 11) is 0. The van der Waals surface area contributed by atoms with Crippen molar-refractivity contribution in [1.82, 2.24) is 5.32 Å². The molecule has 0 saturated heterocycles. The third-order valence-corrected chi connectivity index (χ3v) is 3.99. The number of carbonyl (C=O) groups is 1. The number of fused-ring (bicyclic) bond motifs is 1. The number of nitro benzene ring substituents is 1. The van der Waals surface area contributed by atoms with Gasteiger partial charge in [0.2, 0.25) is 0 Å². The highest BCUT2D eigenvalue weighted by Crippen LogP contribution is 2.27. The number of amides is 1. The highest BCUT2D eigenvalue weighted by atomic mass is 32.1. The summed E-state index contributed by atoms with van der Waals surface area (Å²) in [6.45, 7) is -0.258. The number of non-ortho nitro benzene ring substituents is 1. The van der Waals surface area contributed by atoms with Crippen LogP contribution in [-0.4, -0.2) is 27.7 Å². The van der Waals surface area contributed by atoms with E-state index in [-0.39, 0.29) is 28.8 Å². The molecule has 0 aromatic heterocycles. The Balaban J connectivity index is 1.54. The predicted molar refractivity (Wildman–Crippen MR) is 109 cm³/mol. The summed E-state index contributed by atoms with van der Waals surface area (Å²) in [5, 5.41) is 27.5. The van der Waals surface area contributed by atoms with Crippen molar-refractivity contribution in [1.29, 1.82) is 0 Å². The summed E-state index contributed by atoms with van der Waals surface area (Å²) in [5.41, 5.74) is -0.131. The van der Waals surface area contributed by atoms with Gasteiger partial charge in [-0.05, 0) is 41.2 Å². The maximum atomic E-state index is 12.0. The molecule has 0 saturated carbocycles. The standard InChI is InChI=1S/C19H15N3O5S/c23-17-10-14(22(25)26)6-8-16(17)20-19(28)21-18(24)11-27-15-7-5-12-3-1-2-4-13(12)9-15/h1-10,23H,11H2,(H2,20,21,24,28). The summed E-state index contributed by atoms with van der Waals surface area (Å²) in [6, 6.07) is 16.7. The molecule has 3 rings (SSSR count). The Morgan fingerprint density at radius 1 is 1.11 bits per heavy atom. The number of nitro groups is 1. The molecule has 0 bridgehead atoms. The van der Waals surface area contributed by atoms with Crippen molar-refractivity contribution >= 4 is 45.4 Å². The van der Waals surface area contributed by atoms with Crippen LogP contribution in [0.25, 0.3) is 10.8 Å². The topological polar surface area (TPSA) is 114 Å². The molecule has 3 N–H and O–H groups in total. The van der Waals surface area contributed by atoms with E-state index < -0.39 is 10.8 Å². The van der Waals surface area contributed by atoms with Crippen LogP contribution in [0, 0.1) is 10.1 Å². The van der Waals surface area contributed by atoms with Crippen molar-refractivity contribution in [2.75, 3.05) is 11.9 Å². The lowest BCUT2D eigenvalue weighted by Gasteiger charge is -2.11. The number of hydrogen-bond donors (Lipinski definition) is 3. The molecule has 0 heterocycles. The summed E-state index contributed by atoms with van der Waals surface area (Å²) in [6.07, 6.45) is 0. The number of aromatic hydroxyl groups is 1. The van der Waals surface area contributed by atoms with Crippen molar-refractivity contribution < 1.29 is 19.6 Å². The van der Waals surface area contributed by atoms with Crippen LogP contribution in [-0.2, 0) is 4.79 Å². The zero-order chi connectivity index (χ0) is 20.1. The van der Waals surface area contributed by atoms with Crippen LogP contribution in [0.4, 0.5) is 11.4 Å². The van der Waals surface area contributed by atoms with Gasteiger partial charge in [0.05, 0.1) is 16.7 Å². The van der Waals surface area contributed by atoms with Gasteiger partial charge in [-0.1, -0.05) is 30.3 Å². The summed E-state index contributed by atoms with van der Waals surface area (Å²) in [5.74, 6) is -0.314. The SMILES string of the molecule is O=C(COc1ccc2ccccc2c1)NC(=S)Nc1ccc([N+](=O)[O-])cc1O. The summed E-state index contributed by atoms with van der Waals surface area (Å²) < 4.78 is 5.47. The molecular formula is C19H15N3O5S. The molecule has 3 aromatic rings. The Labute approximate surface area is 164 Å². The van der Waals surface area contributed by atoms with E-state index in [0.717, 1.165) is 16.8 Å². The molecule has 3 aromatic carbocycles. The number of nitrogens with zero attached hydrogens (tertiary/aromatic N) is 1. The first-order valence-electron chi connectivity index (χ1n) is 8.12. The Morgan fingerprint density at radius 2 is 1.86 bits per heavy atom. The molecule has 1 amide bonds. The Bertz CT molecular complexity index is 1070. The van der Waals surface area contributed by atoms with Gasteiger partial charge in [0.1, 0.15) is 11.5 Å². The number of hydrogen-bond acceptors (Lipinski definition) is 6. The average molecular weight is 397 g/mol. The maximum Gasteiger partial charge on any atom is 0.273 e. The minimum Gasteiger partial charge on any atom is -0.506 e. The van der Waals surface area contributed by atoms with Gasteiger partial charge in [-0.2, -0.15) is 0 Å². The van der Waals surface area contributed by atoms with Gasteiger partial charge in [-0.25, -0.2) is 0 Å². The van der Waals surface area contributed by atoms with Gasteiger partial charge in [-0.15, -0.1) is 0 Å². The predicted octanol–water partition coefficient (Wildman–Crippen LogP) is 3.35. The van der Waals surface area contributed by atoms with Crippen LogP contribution in [0.5, 0.6) is 11.5 Å². The van der Waals surface area contributed by atoms with Crippen LogP contribution in [0.1, 0.15) is 0 Å². The largest absolute Gasteiger partial charge is 0.506 e. The number of carbonyl (C=O) groups excluding carboxylic acids is 1. The van der Waals surface area contributed by atoms with Gasteiger partial charge in [0.25, 0.3) is 11.6 Å². The third-order valence-electron chi connectivity index (χ3n) is 3.78. The Hall–Kier alpha value is -3.72. The van der Waals surface area contributed by atoms with E-state index in [1.165, 1.54) is 12.1 Å². The third kappa shape index (κ3) is 4.71. The number of ether oxygens (including phenoxy) is 1. The monoisotopic (exact) mass is 397 g/mol. The first kappa shape index (κ1) is 19.1. The minimum absolute atomic E-state index is 0.0729. The number of anilines is 1. The number of thiocarbonyl (C=S) groups is 1. The lowest BCUT2D eigenvalue weighted by Crippen LogP contribution is -2.37. The number of rotatable bonds is 5. The number of phenolic OH excluding ortho intramolecular Hbond substituents is 1. The smallest absolute Gasteiger partial charge is 0.273 e. The van der Waals surface area contributed by atoms with E-state index in [2.05, 4.69) is 10.6 Å². The van der Waals surface area contributed by atoms with Crippen molar-refractivity contribution in [2.45, 2.75) is 0 Å². The molecule has 0 aliphatic carbocycles. The van der Waals surface area contributed by atoms with Crippen LogP contribution >= 0.6 is 12.2 Å². The molecule has 0 fully saturated rings. The second-order valence-electron chi connectivity index (χ2n) is 5.76. The van der Waals surface area contributed by atoms with Crippen molar-refractivity contribution in [2.24, 2.45) is 0 Å². The molecule has 0 spiro atoms. The first-order valence-corrected chi connectivity index (χ1v) is 8.53. The van der Waals surface area contributed by atoms with Gasteiger partial charge >= 0.3 is 0 Å². The first-order chi connectivity index (χ1) is 13.4. The van der Waals surface area contributed by atoms with E-state index in [1.807, 2.05) is 36.4 Å². The van der Waals surface area contributed by atoms with E-state index in [1.54, 1.807) is 6.07 Å². The van der Waals surface area contributed by atoms with E-state index >= 15 is 0 Å². The van der Waals surface area contributed by atoms with Crippen molar-refractivity contribution in [3.63, 3.8) is 0 Å². The second kappa shape index (κ2) is 8.31. The fourth-order valence-electron chi connectivity index (χ4n) is 2.46. The van der Waals surface area contributed by atoms with E-state index in [9.17, 15) is 20.0 Å². The van der Waals surface area contributed by atoms with Crippen LogP contribution in [0.3, 0.4) is 0 Å². The molecule has 9 heteroatoms. The molecule has 0 aliphatic heterocycles. The molecule has 28 heavy (non-hydrogen) atoms. The highest BCUT2D eigenvalue weighted by Gasteiger charge is 2.12. The molecule has 0 aliphatic rings. The number of benzene rings is 3. The van der Waals surface area contributed by atoms with Gasteiger partial charge in [0.15, 0.2) is 11.7 Å². The van der Waals surface area contributed by atoms with Gasteiger partial charge < -0.3 is 15.2 Å². The van der Waals surface area contributed by atoms with E-state index in [4.69, 9.17) is 17.0 Å². The minimum atomic E-state index is -0.631. The van der Waals surface area contributed by atoms with Gasteiger partial charge in [-0.3, -0.25) is 20.2 Å². The maximum absolute atomic E-state index is 12.0. The molecule has 8 nitrogen and oxygen atoms in total. The normalized spacial score (nSPS) is 10.3. The number of nitrogens with one attached hydrogen (secondary N) is 2. The summed E-state index contributed by atoms with van der Waals surface area (Å²) >= 11 is 5.01. The van der Waals surface area contributed by atoms with Crippen molar-refractivity contribution in [3.05, 3.63) is 70.8 Å². The van der Waals surface area contributed by atoms with E-state index in [0.29, 0.717) is 5.75 Å². The lowest BCUT2D eigenvalue weighted by molar-refractivity contribution is -0.384. The second-order valence-corrected chi connectivity index (χ2v) is 6.17. The average Bonchev–Trinajstić information content (AvgIpc) is 2.67. The van der Waals surface area contributed by atoms with Gasteiger partial charge in [0, 0.05) is 6.07 Å². The Kier molecular flexibility index (Phi) is 5.66. The zero-order valence-electron chi connectivity index (χ0n) is 14.4. The van der Waals surface area contributed by atoms with Crippen molar-refractivity contribution in [3.8, 4) is 11.5 Å². The van der Waals surface area contributed by atoms with Crippen LogP contribution in [0.15, 0.2) is 60.7 Å². The molecule has 0 atom stereocenters. The highest BCUT2D eigenvalue weighted by molar-refractivity contribution is 7.80. The van der Waals surface area contributed by atoms with Crippen LogP contribution in [0.2, 0.25) is 0 Å². The zero-order valence-corrected chi connectivity index (χ0v) is 15.2. The molecule has 0 unspecified atom stereocenters. The fourth-order valence-corrected chi connectivity index (χ4v) is 2.69.